The second-order valence-corrected chi connectivity index (χ2v) is 8.19. The van der Waals surface area contributed by atoms with E-state index in [2.05, 4.69) is 15.9 Å². The quantitative estimate of drug-likeness (QED) is 0.297. The summed E-state index contributed by atoms with van der Waals surface area (Å²) in [6, 6.07) is 16.9. The smallest absolute Gasteiger partial charge is 0.341 e. The third kappa shape index (κ3) is 3.73. The summed E-state index contributed by atoms with van der Waals surface area (Å²) in [6.45, 7) is 1.55. The molecule has 3 aromatic carbocycles. The number of halogens is 1. The van der Waals surface area contributed by atoms with Crippen molar-refractivity contribution in [2.45, 2.75) is 13.5 Å². The summed E-state index contributed by atoms with van der Waals surface area (Å²) in [5.41, 5.74) is 7.62. The Morgan fingerprint density at radius 1 is 1.09 bits per heavy atom. The number of carboxylic acids is 1. The van der Waals surface area contributed by atoms with Crippen LogP contribution in [0, 0.1) is 6.92 Å². The molecule has 1 amide bonds. The summed E-state index contributed by atoms with van der Waals surface area (Å²) in [6.07, 6.45) is 0. The van der Waals surface area contributed by atoms with Gasteiger partial charge in [0.1, 0.15) is 5.75 Å². The molecule has 0 radical (unpaired) electrons. The SMILES string of the molecule is Cc1c(C(=O)C(N)=O)c2c(OCC(=O)O)c3ccccc3cc2n1Cc1ccccc1Br. The summed E-state index contributed by atoms with van der Waals surface area (Å²) < 4.78 is 8.48. The second-order valence-electron chi connectivity index (χ2n) is 7.33. The number of fused-ring (bicyclic) bond motifs is 2. The lowest BCUT2D eigenvalue weighted by molar-refractivity contribution is -0.139. The maximum absolute atomic E-state index is 12.9. The lowest BCUT2D eigenvalue weighted by atomic mass is 10.0. The lowest BCUT2D eigenvalue weighted by Gasteiger charge is -2.13. The molecule has 0 aliphatic rings. The molecule has 3 N–H and O–H groups in total. The highest BCUT2D eigenvalue weighted by atomic mass is 79.9. The molecule has 32 heavy (non-hydrogen) atoms. The van der Waals surface area contributed by atoms with Crippen LogP contribution >= 0.6 is 15.9 Å². The lowest BCUT2D eigenvalue weighted by Crippen LogP contribution is -2.24. The number of carboxylic acid groups (broad SMARTS) is 1. The number of nitrogens with two attached hydrogens (primary N) is 1. The van der Waals surface area contributed by atoms with Crippen molar-refractivity contribution in [2.24, 2.45) is 5.73 Å². The molecule has 162 valence electrons. The Hall–Kier alpha value is -3.65. The molecule has 1 heterocycles. The predicted octanol–water partition coefficient (Wildman–Crippen LogP) is 4.05. The Kier molecular flexibility index (Phi) is 5.71. The number of benzene rings is 3. The summed E-state index contributed by atoms with van der Waals surface area (Å²) in [7, 11) is 0. The predicted molar refractivity (Wildman–Crippen MR) is 124 cm³/mol. The molecule has 0 spiro atoms. The van der Waals surface area contributed by atoms with Crippen molar-refractivity contribution < 1.29 is 24.2 Å². The van der Waals surface area contributed by atoms with Gasteiger partial charge in [-0.2, -0.15) is 0 Å². The van der Waals surface area contributed by atoms with Gasteiger partial charge in [0.05, 0.1) is 16.5 Å². The molecule has 0 fully saturated rings. The van der Waals surface area contributed by atoms with E-state index in [9.17, 15) is 19.5 Å². The maximum atomic E-state index is 12.9. The Balaban J connectivity index is 2.10. The van der Waals surface area contributed by atoms with Crippen LogP contribution in [-0.4, -0.2) is 33.9 Å². The molecule has 0 bridgehead atoms. The van der Waals surface area contributed by atoms with Crippen LogP contribution < -0.4 is 10.5 Å². The number of aliphatic carboxylic acids is 1. The third-order valence-electron chi connectivity index (χ3n) is 5.37. The zero-order valence-electron chi connectivity index (χ0n) is 17.1. The minimum atomic E-state index is -1.15. The molecule has 0 aliphatic carbocycles. The van der Waals surface area contributed by atoms with E-state index in [1.807, 2.05) is 47.0 Å². The fourth-order valence-electron chi connectivity index (χ4n) is 3.94. The van der Waals surface area contributed by atoms with Gasteiger partial charge in [0, 0.05) is 22.1 Å². The van der Waals surface area contributed by atoms with Gasteiger partial charge in [-0.25, -0.2) is 4.79 Å². The van der Waals surface area contributed by atoms with Crippen LogP contribution in [0.4, 0.5) is 0 Å². The molecule has 0 atom stereocenters. The van der Waals surface area contributed by atoms with Crippen LogP contribution in [0.25, 0.3) is 21.7 Å². The fourth-order valence-corrected chi connectivity index (χ4v) is 4.35. The first-order valence-corrected chi connectivity index (χ1v) is 10.6. The molecular weight excluding hydrogens is 476 g/mol. The highest BCUT2D eigenvalue weighted by molar-refractivity contribution is 9.10. The van der Waals surface area contributed by atoms with Gasteiger partial charge in [-0.1, -0.05) is 58.4 Å². The van der Waals surface area contributed by atoms with E-state index in [1.54, 1.807) is 19.1 Å². The molecule has 8 heteroatoms. The topological polar surface area (TPSA) is 112 Å². The highest BCUT2D eigenvalue weighted by Gasteiger charge is 2.28. The number of amides is 1. The first-order valence-electron chi connectivity index (χ1n) is 9.76. The zero-order chi connectivity index (χ0) is 23.0. The van der Waals surface area contributed by atoms with Crippen LogP contribution in [0.2, 0.25) is 0 Å². The second kappa shape index (κ2) is 8.47. The molecule has 1 aromatic heterocycles. The number of nitrogens with zero attached hydrogens (tertiary/aromatic N) is 1. The highest BCUT2D eigenvalue weighted by Crippen LogP contribution is 2.40. The Labute approximate surface area is 191 Å². The molecule has 0 saturated carbocycles. The molecule has 0 aliphatic heterocycles. The maximum Gasteiger partial charge on any atom is 0.341 e. The van der Waals surface area contributed by atoms with Gasteiger partial charge < -0.3 is 20.1 Å². The molecular formula is C24H19BrN2O5. The molecule has 4 rings (SSSR count). The van der Waals surface area contributed by atoms with Crippen molar-refractivity contribution in [3.8, 4) is 5.75 Å². The molecule has 0 saturated heterocycles. The average molecular weight is 495 g/mol. The minimum Gasteiger partial charge on any atom is -0.481 e. The Bertz CT molecular complexity index is 1410. The van der Waals surface area contributed by atoms with Gasteiger partial charge in [0.25, 0.3) is 11.7 Å². The van der Waals surface area contributed by atoms with Gasteiger partial charge in [0.15, 0.2) is 6.61 Å². The number of ether oxygens (including phenoxy) is 1. The monoisotopic (exact) mass is 494 g/mol. The van der Waals surface area contributed by atoms with E-state index in [0.29, 0.717) is 28.5 Å². The number of ketones is 1. The van der Waals surface area contributed by atoms with Crippen molar-refractivity contribution in [2.75, 3.05) is 6.61 Å². The van der Waals surface area contributed by atoms with E-state index in [1.165, 1.54) is 0 Å². The van der Waals surface area contributed by atoms with Crippen LogP contribution in [0.1, 0.15) is 21.6 Å². The summed E-state index contributed by atoms with van der Waals surface area (Å²) in [5.74, 6) is -2.86. The fraction of sp³-hybridized carbons (Fsp3) is 0.125. The van der Waals surface area contributed by atoms with Gasteiger partial charge in [-0.15, -0.1) is 0 Å². The van der Waals surface area contributed by atoms with Crippen LogP contribution in [0.3, 0.4) is 0 Å². The molecule has 0 unspecified atom stereocenters. The first-order chi connectivity index (χ1) is 15.3. The average Bonchev–Trinajstić information content (AvgIpc) is 3.03. The zero-order valence-corrected chi connectivity index (χ0v) is 18.7. The Morgan fingerprint density at radius 3 is 2.47 bits per heavy atom. The van der Waals surface area contributed by atoms with Gasteiger partial charge in [0.2, 0.25) is 0 Å². The van der Waals surface area contributed by atoms with Gasteiger partial charge in [-0.05, 0) is 30.0 Å². The number of primary amides is 1. The number of carbonyl (C=O) groups excluding carboxylic acids is 2. The van der Waals surface area contributed by atoms with E-state index in [4.69, 9.17) is 10.5 Å². The normalized spacial score (nSPS) is 11.1. The van der Waals surface area contributed by atoms with Crippen LogP contribution in [0.15, 0.2) is 59.1 Å². The number of hydrogen-bond donors (Lipinski definition) is 2. The van der Waals surface area contributed by atoms with Gasteiger partial charge >= 0.3 is 5.97 Å². The van der Waals surface area contributed by atoms with Crippen molar-refractivity contribution in [3.05, 3.63) is 75.9 Å². The first kappa shape index (κ1) is 21.6. The van der Waals surface area contributed by atoms with Crippen molar-refractivity contribution in [1.29, 1.82) is 0 Å². The van der Waals surface area contributed by atoms with Crippen molar-refractivity contribution >= 4 is 55.3 Å². The van der Waals surface area contributed by atoms with E-state index in [-0.39, 0.29) is 11.3 Å². The number of rotatable bonds is 7. The van der Waals surface area contributed by atoms with E-state index >= 15 is 0 Å². The Morgan fingerprint density at radius 2 is 1.78 bits per heavy atom. The number of carbonyl (C=O) groups is 3. The largest absolute Gasteiger partial charge is 0.481 e. The van der Waals surface area contributed by atoms with E-state index in [0.717, 1.165) is 15.4 Å². The minimum absolute atomic E-state index is 0.116. The van der Waals surface area contributed by atoms with Crippen molar-refractivity contribution in [1.82, 2.24) is 4.57 Å². The van der Waals surface area contributed by atoms with E-state index < -0.39 is 24.3 Å². The number of aromatic nitrogens is 1. The summed E-state index contributed by atoms with van der Waals surface area (Å²) >= 11 is 3.55. The summed E-state index contributed by atoms with van der Waals surface area (Å²) in [5, 5.41) is 11.0. The van der Waals surface area contributed by atoms with Gasteiger partial charge in [-0.3, -0.25) is 9.59 Å². The van der Waals surface area contributed by atoms with Crippen LogP contribution in [-0.2, 0) is 16.1 Å². The van der Waals surface area contributed by atoms with Crippen molar-refractivity contribution in [3.63, 3.8) is 0 Å². The molecule has 4 aromatic rings. The number of hydrogen-bond acceptors (Lipinski definition) is 4. The standard InChI is InChI=1S/C24H19BrN2O5/c1-13-20(22(30)24(26)31)21-18(27(13)11-15-7-3-5-9-17(15)25)10-14-6-2-4-8-16(14)23(21)32-12-19(28)29/h2-10H,11-12H2,1H3,(H2,26,31)(H,28,29). The summed E-state index contributed by atoms with van der Waals surface area (Å²) in [4.78, 5) is 36.0. The third-order valence-corrected chi connectivity index (χ3v) is 6.14. The number of Topliss-reactive ketones (excluding diaryl/α,β-unsaturated/α-hetero) is 1. The molecule has 7 nitrogen and oxygen atoms in total. The van der Waals surface area contributed by atoms with Crippen LogP contribution in [0.5, 0.6) is 5.75 Å².